The Labute approximate surface area is 172 Å². The van der Waals surface area contributed by atoms with Crippen molar-refractivity contribution in [2.75, 3.05) is 26.5 Å². The van der Waals surface area contributed by atoms with Gasteiger partial charge in [0.2, 0.25) is 0 Å². The summed E-state index contributed by atoms with van der Waals surface area (Å²) in [5, 5.41) is 0. The molecule has 0 aliphatic carbocycles. The monoisotopic (exact) mass is 445 g/mol. The summed E-state index contributed by atoms with van der Waals surface area (Å²) in [5.74, 6) is -4.06. The molecule has 2 atom stereocenters. The van der Waals surface area contributed by atoms with Crippen LogP contribution in [0.3, 0.4) is 0 Å². The fourth-order valence-electron chi connectivity index (χ4n) is 4.06. The first-order chi connectivity index (χ1) is 14.0. The van der Waals surface area contributed by atoms with E-state index in [0.29, 0.717) is 13.1 Å². The van der Waals surface area contributed by atoms with E-state index in [1.807, 2.05) is 0 Å². The highest BCUT2D eigenvalue weighted by Crippen LogP contribution is 2.46. The van der Waals surface area contributed by atoms with Gasteiger partial charge in [0.25, 0.3) is 0 Å². The molecule has 2 N–H and O–H groups in total. The molecule has 2 heterocycles. The van der Waals surface area contributed by atoms with E-state index < -0.39 is 50.1 Å². The number of nitrogens with zero attached hydrogens (tertiary/aromatic N) is 2. The molecule has 0 saturated carbocycles. The number of alkyl halides is 3. The van der Waals surface area contributed by atoms with Crippen LogP contribution in [0.5, 0.6) is 0 Å². The number of sulfone groups is 1. The molecule has 0 amide bonds. The number of hydrogen-bond donors (Lipinski definition) is 1. The summed E-state index contributed by atoms with van der Waals surface area (Å²) in [6.07, 6.45) is -2.32. The van der Waals surface area contributed by atoms with Crippen LogP contribution < -0.4 is 5.73 Å². The molecular formula is C19H22F3N3O4S. The molecule has 30 heavy (non-hydrogen) atoms. The Morgan fingerprint density at radius 3 is 2.37 bits per heavy atom. The van der Waals surface area contributed by atoms with Crippen LogP contribution in [0.15, 0.2) is 40.0 Å². The minimum absolute atomic E-state index is 0.131. The molecule has 3 rings (SSSR count). The van der Waals surface area contributed by atoms with E-state index >= 15 is 0 Å². The lowest BCUT2D eigenvalue weighted by molar-refractivity contribution is -0.145. The molecule has 1 fully saturated rings. The predicted octanol–water partition coefficient (Wildman–Crippen LogP) is 2.26. The number of hydrogen-bond acceptors (Lipinski definition) is 7. The normalized spacial score (nSPS) is 22.8. The summed E-state index contributed by atoms with van der Waals surface area (Å²) in [5.41, 5.74) is 4.56. The zero-order valence-corrected chi connectivity index (χ0v) is 17.3. The van der Waals surface area contributed by atoms with Crippen molar-refractivity contribution in [2.45, 2.75) is 24.9 Å². The van der Waals surface area contributed by atoms with E-state index in [2.05, 4.69) is 4.99 Å². The van der Waals surface area contributed by atoms with Gasteiger partial charge < -0.3 is 15.4 Å². The predicted molar refractivity (Wildman–Crippen MR) is 104 cm³/mol. The molecule has 1 aromatic carbocycles. The van der Waals surface area contributed by atoms with Gasteiger partial charge >= 0.3 is 12.1 Å². The van der Waals surface area contributed by atoms with Crippen LogP contribution in [0.25, 0.3) is 0 Å². The third-order valence-electron chi connectivity index (χ3n) is 5.27. The maximum Gasteiger partial charge on any atom is 0.416 e. The molecule has 164 valence electrons. The number of methoxy groups -OCH3 is 1. The molecule has 2 aliphatic heterocycles. The number of carbonyl (C=O) groups excluding carboxylic acids is 1. The maximum absolute atomic E-state index is 13.8. The van der Waals surface area contributed by atoms with E-state index in [1.165, 1.54) is 12.1 Å². The molecule has 2 aliphatic rings. The first-order valence-corrected chi connectivity index (χ1v) is 11.1. The Balaban J connectivity index is 2.34. The number of ether oxygens (including phenoxy) is 1. The van der Waals surface area contributed by atoms with Gasteiger partial charge in [0.05, 0.1) is 17.6 Å². The van der Waals surface area contributed by atoms with Crippen molar-refractivity contribution in [3.05, 3.63) is 46.1 Å². The average molecular weight is 445 g/mol. The Hall–Kier alpha value is -2.56. The number of amidine groups is 1. The van der Waals surface area contributed by atoms with Crippen molar-refractivity contribution in [3.63, 3.8) is 0 Å². The number of rotatable bonds is 3. The maximum atomic E-state index is 13.8. The van der Waals surface area contributed by atoms with Gasteiger partial charge in [-0.2, -0.15) is 13.2 Å². The fraction of sp³-hybridized carbons (Fsp3) is 0.474. The number of aliphatic imine (C=N–C) groups is 1. The van der Waals surface area contributed by atoms with Crippen molar-refractivity contribution < 1.29 is 31.1 Å². The van der Waals surface area contributed by atoms with Gasteiger partial charge in [-0.3, -0.25) is 4.79 Å². The topological polar surface area (TPSA) is 102 Å². The van der Waals surface area contributed by atoms with Crippen LogP contribution in [-0.2, 0) is 25.5 Å². The van der Waals surface area contributed by atoms with E-state index in [0.717, 1.165) is 38.3 Å². The summed E-state index contributed by atoms with van der Waals surface area (Å²) < 4.78 is 71.3. The van der Waals surface area contributed by atoms with Crippen LogP contribution >= 0.6 is 0 Å². The zero-order chi connectivity index (χ0) is 22.3. The van der Waals surface area contributed by atoms with Crippen LogP contribution in [0, 0.1) is 5.92 Å². The third-order valence-corrected chi connectivity index (χ3v) is 6.53. The Kier molecular flexibility index (Phi) is 5.85. The summed E-state index contributed by atoms with van der Waals surface area (Å²) >= 11 is 0. The van der Waals surface area contributed by atoms with E-state index in [9.17, 15) is 26.4 Å². The number of likely N-dealkylation sites (tertiary alicyclic amines) is 1. The molecule has 0 radical (unpaired) electrons. The summed E-state index contributed by atoms with van der Waals surface area (Å²) in [7, 11) is -3.01. The van der Waals surface area contributed by atoms with Gasteiger partial charge in [-0.25, -0.2) is 13.4 Å². The van der Waals surface area contributed by atoms with Gasteiger partial charge in [-0.15, -0.1) is 0 Å². The highest BCUT2D eigenvalue weighted by atomic mass is 32.2. The summed E-state index contributed by atoms with van der Waals surface area (Å²) in [6, 6.07) is 4.57. The summed E-state index contributed by atoms with van der Waals surface area (Å²) in [6.45, 7) is 1.06. The van der Waals surface area contributed by atoms with Crippen molar-refractivity contribution >= 4 is 21.6 Å². The first kappa shape index (κ1) is 22.1. The molecule has 0 aromatic heterocycles. The minimum atomic E-state index is -4.77. The van der Waals surface area contributed by atoms with E-state index in [4.69, 9.17) is 10.5 Å². The molecule has 1 aromatic rings. The smallest absolute Gasteiger partial charge is 0.416 e. The Bertz CT molecular complexity index is 1010. The zero-order valence-electron chi connectivity index (χ0n) is 16.4. The van der Waals surface area contributed by atoms with Gasteiger partial charge in [0.15, 0.2) is 9.84 Å². The van der Waals surface area contributed by atoms with Gasteiger partial charge in [0.1, 0.15) is 17.6 Å². The lowest BCUT2D eigenvalue weighted by Gasteiger charge is -2.36. The second-order valence-electron chi connectivity index (χ2n) is 7.25. The van der Waals surface area contributed by atoms with Crippen molar-refractivity contribution in [1.29, 1.82) is 0 Å². The van der Waals surface area contributed by atoms with Crippen LogP contribution in [0.1, 0.15) is 29.9 Å². The third kappa shape index (κ3) is 4.03. The molecular weight excluding hydrogens is 423 g/mol. The fourth-order valence-corrected chi connectivity index (χ4v) is 5.21. The second-order valence-corrected chi connectivity index (χ2v) is 9.23. The number of nitrogens with two attached hydrogens (primary N) is 1. The standard InChI is InChI=1S/C19H22F3N3O4S/c1-29-18(26)14-13(11-7-3-4-8-12(11)19(20,21)22)15(30(2,27)28)16(23)24-17(14)25-9-5-6-10-25/h3-4,7-8,13-14H,5-6,9-10,23H2,1-2H3. The van der Waals surface area contributed by atoms with Crippen LogP contribution in [-0.4, -0.2) is 51.6 Å². The molecule has 0 bridgehead atoms. The molecule has 7 nitrogen and oxygen atoms in total. The van der Waals surface area contributed by atoms with Crippen molar-refractivity contribution in [2.24, 2.45) is 16.6 Å². The first-order valence-electron chi connectivity index (χ1n) is 9.24. The number of halogens is 3. The molecule has 1 saturated heterocycles. The SMILES string of the molecule is COC(=O)C1C(N2CCCC2)=NC(N)=C(S(C)(=O)=O)C1c1ccccc1C(F)(F)F. The quantitative estimate of drug-likeness (QED) is 0.716. The molecule has 2 unspecified atom stereocenters. The largest absolute Gasteiger partial charge is 0.468 e. The number of carbonyl (C=O) groups is 1. The second kappa shape index (κ2) is 7.93. The Morgan fingerprint density at radius 1 is 1.23 bits per heavy atom. The van der Waals surface area contributed by atoms with Gasteiger partial charge in [0, 0.05) is 25.3 Å². The summed E-state index contributed by atoms with van der Waals surface area (Å²) in [4.78, 5) is 18.2. The van der Waals surface area contributed by atoms with Crippen LogP contribution in [0.4, 0.5) is 13.2 Å². The Morgan fingerprint density at radius 2 is 1.83 bits per heavy atom. The lowest BCUT2D eigenvalue weighted by atomic mass is 9.80. The lowest BCUT2D eigenvalue weighted by Crippen LogP contribution is -2.46. The highest BCUT2D eigenvalue weighted by molar-refractivity contribution is 7.94. The number of esters is 1. The minimum Gasteiger partial charge on any atom is -0.468 e. The van der Waals surface area contributed by atoms with E-state index in [-0.39, 0.29) is 11.4 Å². The average Bonchev–Trinajstić information content (AvgIpc) is 3.19. The van der Waals surface area contributed by atoms with Crippen molar-refractivity contribution in [3.8, 4) is 0 Å². The number of allylic oxidation sites excluding steroid dienone is 1. The van der Waals surface area contributed by atoms with Gasteiger partial charge in [-0.1, -0.05) is 18.2 Å². The van der Waals surface area contributed by atoms with Crippen LogP contribution in [0.2, 0.25) is 0 Å². The molecule has 0 spiro atoms. The van der Waals surface area contributed by atoms with E-state index in [1.54, 1.807) is 4.90 Å². The van der Waals surface area contributed by atoms with Gasteiger partial charge in [-0.05, 0) is 24.5 Å². The molecule has 11 heteroatoms. The highest BCUT2D eigenvalue weighted by Gasteiger charge is 2.49. The number of benzene rings is 1. The van der Waals surface area contributed by atoms with Crippen molar-refractivity contribution in [1.82, 2.24) is 4.90 Å².